The minimum absolute atomic E-state index is 0.437. The SMILES string of the molecule is CNC(Cc1ccc(N(C)C)nc1)C(=O)O. The first kappa shape index (κ1) is 12.4. The van der Waals surface area contributed by atoms with Gasteiger partial charge in [0.25, 0.3) is 0 Å². The third-order valence-electron chi connectivity index (χ3n) is 2.35. The fourth-order valence-electron chi connectivity index (χ4n) is 1.35. The summed E-state index contributed by atoms with van der Waals surface area (Å²) < 4.78 is 0. The van der Waals surface area contributed by atoms with Gasteiger partial charge in [-0.25, -0.2) is 4.98 Å². The average molecular weight is 223 g/mol. The van der Waals surface area contributed by atoms with Crippen LogP contribution in [0.25, 0.3) is 0 Å². The first-order valence-corrected chi connectivity index (χ1v) is 5.07. The summed E-state index contributed by atoms with van der Waals surface area (Å²) in [6, 6.07) is 3.21. The standard InChI is InChI=1S/C11H17N3O2/c1-12-9(11(15)16)6-8-4-5-10(13-7-8)14(2)3/h4-5,7,9,12H,6H2,1-3H3,(H,15,16). The second-order valence-corrected chi connectivity index (χ2v) is 3.80. The minimum Gasteiger partial charge on any atom is -0.480 e. The number of hydrogen-bond donors (Lipinski definition) is 2. The number of nitrogens with one attached hydrogen (secondary N) is 1. The summed E-state index contributed by atoms with van der Waals surface area (Å²) in [4.78, 5) is 16.9. The molecule has 5 heteroatoms. The molecule has 0 spiro atoms. The number of aliphatic carboxylic acids is 1. The number of nitrogens with zero attached hydrogens (tertiary/aromatic N) is 2. The van der Waals surface area contributed by atoms with E-state index in [0.29, 0.717) is 6.42 Å². The van der Waals surface area contributed by atoms with Crippen LogP contribution in [0.4, 0.5) is 5.82 Å². The molecule has 1 rings (SSSR count). The van der Waals surface area contributed by atoms with Gasteiger partial charge in [0.15, 0.2) is 0 Å². The highest BCUT2D eigenvalue weighted by Gasteiger charge is 2.15. The Balaban J connectivity index is 2.71. The smallest absolute Gasteiger partial charge is 0.321 e. The molecule has 1 aromatic rings. The molecule has 0 saturated carbocycles. The Bertz CT molecular complexity index is 349. The zero-order valence-corrected chi connectivity index (χ0v) is 9.77. The van der Waals surface area contributed by atoms with Crippen molar-refractivity contribution in [2.24, 2.45) is 0 Å². The monoisotopic (exact) mass is 223 g/mol. The quantitative estimate of drug-likeness (QED) is 0.754. The van der Waals surface area contributed by atoms with Crippen LogP contribution in [-0.2, 0) is 11.2 Å². The molecule has 0 aliphatic carbocycles. The summed E-state index contributed by atoms with van der Waals surface area (Å²) >= 11 is 0. The van der Waals surface area contributed by atoms with Crippen LogP contribution in [0.2, 0.25) is 0 Å². The first-order chi connectivity index (χ1) is 7.54. The number of aromatic nitrogens is 1. The highest BCUT2D eigenvalue weighted by molar-refractivity contribution is 5.73. The van der Waals surface area contributed by atoms with E-state index in [1.165, 1.54) is 0 Å². The Morgan fingerprint density at radius 1 is 1.56 bits per heavy atom. The van der Waals surface area contributed by atoms with Crippen molar-refractivity contribution in [2.75, 3.05) is 26.0 Å². The number of carbonyl (C=O) groups is 1. The molecule has 1 heterocycles. The first-order valence-electron chi connectivity index (χ1n) is 5.07. The van der Waals surface area contributed by atoms with E-state index >= 15 is 0 Å². The largest absolute Gasteiger partial charge is 0.480 e. The van der Waals surface area contributed by atoms with E-state index < -0.39 is 12.0 Å². The summed E-state index contributed by atoms with van der Waals surface area (Å²) in [7, 11) is 5.46. The van der Waals surface area contributed by atoms with Crippen LogP contribution in [-0.4, -0.2) is 43.2 Å². The average Bonchev–Trinajstić information content (AvgIpc) is 2.26. The van der Waals surface area contributed by atoms with Gasteiger partial charge in [-0.05, 0) is 25.1 Å². The lowest BCUT2D eigenvalue weighted by Gasteiger charge is -2.13. The fraction of sp³-hybridized carbons (Fsp3) is 0.455. The van der Waals surface area contributed by atoms with Gasteiger partial charge in [-0.15, -0.1) is 0 Å². The van der Waals surface area contributed by atoms with Gasteiger partial charge in [-0.1, -0.05) is 6.07 Å². The number of anilines is 1. The van der Waals surface area contributed by atoms with Crippen molar-refractivity contribution in [2.45, 2.75) is 12.5 Å². The van der Waals surface area contributed by atoms with Crippen LogP contribution in [0.1, 0.15) is 5.56 Å². The highest BCUT2D eigenvalue weighted by Crippen LogP contribution is 2.09. The molecule has 0 amide bonds. The third kappa shape index (κ3) is 3.20. The summed E-state index contributed by atoms with van der Waals surface area (Å²) in [6.45, 7) is 0. The van der Waals surface area contributed by atoms with Crippen LogP contribution < -0.4 is 10.2 Å². The Morgan fingerprint density at radius 3 is 2.62 bits per heavy atom. The summed E-state index contributed by atoms with van der Waals surface area (Å²) in [6.07, 6.45) is 2.15. The van der Waals surface area contributed by atoms with E-state index in [1.807, 2.05) is 31.1 Å². The van der Waals surface area contributed by atoms with Gasteiger partial charge in [0, 0.05) is 20.3 Å². The minimum atomic E-state index is -0.848. The molecular formula is C11H17N3O2. The molecule has 1 atom stereocenters. The van der Waals surface area contributed by atoms with E-state index in [2.05, 4.69) is 10.3 Å². The lowest BCUT2D eigenvalue weighted by atomic mass is 10.1. The topological polar surface area (TPSA) is 65.5 Å². The molecule has 0 aromatic carbocycles. The van der Waals surface area contributed by atoms with Crippen molar-refractivity contribution in [1.29, 1.82) is 0 Å². The molecule has 0 bridgehead atoms. The normalized spacial score (nSPS) is 12.2. The molecule has 5 nitrogen and oxygen atoms in total. The summed E-state index contributed by atoms with van der Waals surface area (Å²) in [5.74, 6) is 0.0132. The van der Waals surface area contributed by atoms with Crippen LogP contribution >= 0.6 is 0 Å². The van der Waals surface area contributed by atoms with Gasteiger partial charge in [0.2, 0.25) is 0 Å². The molecule has 0 fully saturated rings. The Hall–Kier alpha value is -1.62. The van der Waals surface area contributed by atoms with Crippen LogP contribution in [0, 0.1) is 0 Å². The number of hydrogen-bond acceptors (Lipinski definition) is 4. The van der Waals surface area contributed by atoms with Crippen molar-refractivity contribution in [1.82, 2.24) is 10.3 Å². The molecule has 2 N–H and O–H groups in total. The van der Waals surface area contributed by atoms with E-state index in [4.69, 9.17) is 5.11 Å². The number of carboxylic acid groups (broad SMARTS) is 1. The van der Waals surface area contributed by atoms with E-state index in [-0.39, 0.29) is 0 Å². The maximum absolute atomic E-state index is 10.8. The highest BCUT2D eigenvalue weighted by atomic mass is 16.4. The number of pyridine rings is 1. The third-order valence-corrected chi connectivity index (χ3v) is 2.35. The Kier molecular flexibility index (Phi) is 4.25. The maximum atomic E-state index is 10.8. The van der Waals surface area contributed by atoms with E-state index in [0.717, 1.165) is 11.4 Å². The second-order valence-electron chi connectivity index (χ2n) is 3.80. The zero-order valence-electron chi connectivity index (χ0n) is 9.77. The fourth-order valence-corrected chi connectivity index (χ4v) is 1.35. The molecule has 1 unspecified atom stereocenters. The zero-order chi connectivity index (χ0) is 12.1. The van der Waals surface area contributed by atoms with Crippen LogP contribution in [0.5, 0.6) is 0 Å². The van der Waals surface area contributed by atoms with Crippen molar-refractivity contribution < 1.29 is 9.90 Å². The molecule has 0 aliphatic rings. The van der Waals surface area contributed by atoms with E-state index in [1.54, 1.807) is 13.2 Å². The summed E-state index contributed by atoms with van der Waals surface area (Å²) in [5, 5.41) is 11.6. The van der Waals surface area contributed by atoms with E-state index in [9.17, 15) is 4.79 Å². The van der Waals surface area contributed by atoms with Crippen LogP contribution in [0.15, 0.2) is 18.3 Å². The lowest BCUT2D eigenvalue weighted by molar-refractivity contribution is -0.139. The molecule has 0 radical (unpaired) electrons. The molecule has 0 aliphatic heterocycles. The Morgan fingerprint density at radius 2 is 2.25 bits per heavy atom. The summed E-state index contributed by atoms with van der Waals surface area (Å²) in [5.41, 5.74) is 0.910. The lowest BCUT2D eigenvalue weighted by Crippen LogP contribution is -2.35. The molecule has 0 saturated heterocycles. The molecule has 88 valence electrons. The van der Waals surface area contributed by atoms with Gasteiger partial charge in [0.05, 0.1) is 0 Å². The maximum Gasteiger partial charge on any atom is 0.321 e. The Labute approximate surface area is 95.1 Å². The van der Waals surface area contributed by atoms with Gasteiger partial charge in [0.1, 0.15) is 11.9 Å². The van der Waals surface area contributed by atoms with Gasteiger partial charge in [-0.2, -0.15) is 0 Å². The van der Waals surface area contributed by atoms with Gasteiger partial charge < -0.3 is 15.3 Å². The van der Waals surface area contributed by atoms with Gasteiger partial charge in [-0.3, -0.25) is 4.79 Å². The number of rotatable bonds is 5. The molecule has 1 aromatic heterocycles. The number of carboxylic acids is 1. The predicted molar refractivity (Wildman–Crippen MR) is 62.8 cm³/mol. The van der Waals surface area contributed by atoms with Crippen molar-refractivity contribution in [3.8, 4) is 0 Å². The van der Waals surface area contributed by atoms with Crippen molar-refractivity contribution >= 4 is 11.8 Å². The second kappa shape index (κ2) is 5.46. The van der Waals surface area contributed by atoms with Crippen molar-refractivity contribution in [3.63, 3.8) is 0 Å². The number of likely N-dealkylation sites (N-methyl/N-ethyl adjacent to an activating group) is 1. The van der Waals surface area contributed by atoms with Gasteiger partial charge >= 0.3 is 5.97 Å². The van der Waals surface area contributed by atoms with Crippen molar-refractivity contribution in [3.05, 3.63) is 23.9 Å². The molecular weight excluding hydrogens is 206 g/mol. The molecule has 16 heavy (non-hydrogen) atoms. The predicted octanol–water partition coefficient (Wildman–Crippen LogP) is 0.363. The van der Waals surface area contributed by atoms with Crippen LogP contribution in [0.3, 0.4) is 0 Å².